The van der Waals surface area contributed by atoms with Crippen molar-refractivity contribution < 1.29 is 4.79 Å². The number of fused-ring (bicyclic) bond motifs is 4. The Kier molecular flexibility index (Phi) is 3.47. The van der Waals surface area contributed by atoms with Gasteiger partial charge in [0.25, 0.3) is 0 Å². The van der Waals surface area contributed by atoms with Gasteiger partial charge in [-0.15, -0.1) is 11.8 Å². The molecular weight excluding hydrogens is 336 g/mol. The minimum absolute atomic E-state index is 0.131. The third-order valence-corrected chi connectivity index (χ3v) is 5.93. The third-order valence-electron chi connectivity index (χ3n) is 5.12. The number of hydrogen-bond donors (Lipinski definition) is 0. The number of Topliss-reactive ketones (excluding diaryl/α,β-unsaturated/α-hetero) is 1. The van der Waals surface area contributed by atoms with Crippen molar-refractivity contribution in [2.45, 2.75) is 0 Å². The molecule has 0 amide bonds. The van der Waals surface area contributed by atoms with Gasteiger partial charge in [-0.1, -0.05) is 72.8 Å². The van der Waals surface area contributed by atoms with Crippen molar-refractivity contribution in [2.75, 3.05) is 6.26 Å². The molecule has 0 radical (unpaired) electrons. The third kappa shape index (κ3) is 2.09. The number of ketones is 1. The molecule has 1 nitrogen and oxygen atoms in total. The van der Waals surface area contributed by atoms with Gasteiger partial charge in [-0.2, -0.15) is 0 Å². The first-order valence-electron chi connectivity index (χ1n) is 8.63. The first-order valence-corrected chi connectivity index (χ1v) is 9.85. The second-order valence-electron chi connectivity index (χ2n) is 6.47. The van der Waals surface area contributed by atoms with Crippen molar-refractivity contribution in [1.82, 2.24) is 0 Å². The largest absolute Gasteiger partial charge is 0.289 e. The van der Waals surface area contributed by atoms with Gasteiger partial charge in [-0.05, 0) is 39.4 Å². The summed E-state index contributed by atoms with van der Waals surface area (Å²) in [6.45, 7) is 0. The Bertz CT molecular complexity index is 1230. The molecule has 1 aliphatic rings. The van der Waals surface area contributed by atoms with Crippen LogP contribution in [0.25, 0.3) is 32.0 Å². The molecule has 0 fully saturated rings. The van der Waals surface area contributed by atoms with Crippen molar-refractivity contribution >= 4 is 49.6 Å². The zero-order valence-corrected chi connectivity index (χ0v) is 15.1. The molecule has 1 aliphatic carbocycles. The van der Waals surface area contributed by atoms with Crippen LogP contribution in [0.5, 0.6) is 0 Å². The Morgan fingerprint density at radius 1 is 0.654 bits per heavy atom. The van der Waals surface area contributed by atoms with Crippen molar-refractivity contribution in [3.05, 3.63) is 95.6 Å². The first kappa shape index (κ1) is 15.4. The fourth-order valence-corrected chi connectivity index (χ4v) is 4.79. The summed E-state index contributed by atoms with van der Waals surface area (Å²) in [5.74, 6) is 0.131. The monoisotopic (exact) mass is 352 g/mol. The van der Waals surface area contributed by atoms with Gasteiger partial charge in [-0.25, -0.2) is 0 Å². The van der Waals surface area contributed by atoms with Crippen LogP contribution in [0, 0.1) is 0 Å². The van der Waals surface area contributed by atoms with Crippen LogP contribution in [0.15, 0.2) is 78.9 Å². The molecule has 4 aromatic carbocycles. The van der Waals surface area contributed by atoms with Crippen LogP contribution in [0.3, 0.4) is 0 Å². The number of hydrogen-bond acceptors (Lipinski definition) is 2. The zero-order valence-electron chi connectivity index (χ0n) is 14.3. The van der Waals surface area contributed by atoms with Crippen LogP contribution in [0.4, 0.5) is 0 Å². The highest BCUT2D eigenvalue weighted by Gasteiger charge is 2.32. The molecule has 0 bridgehead atoms. The fourth-order valence-electron chi connectivity index (χ4n) is 3.96. The van der Waals surface area contributed by atoms with Crippen molar-refractivity contribution in [3.8, 4) is 0 Å². The summed E-state index contributed by atoms with van der Waals surface area (Å²) < 4.78 is 0. The van der Waals surface area contributed by atoms with E-state index in [9.17, 15) is 4.79 Å². The maximum atomic E-state index is 13.4. The summed E-state index contributed by atoms with van der Waals surface area (Å²) in [5.41, 5.74) is 3.76. The molecular formula is C24H16OS. The molecule has 0 aliphatic heterocycles. The molecule has 26 heavy (non-hydrogen) atoms. The normalized spacial score (nSPS) is 13.7. The first-order chi connectivity index (χ1) is 12.8. The predicted octanol–water partition coefficient (Wildman–Crippen LogP) is 6.42. The lowest BCUT2D eigenvalue weighted by Gasteiger charge is -2.09. The molecule has 2 heteroatoms. The zero-order chi connectivity index (χ0) is 17.7. The number of carbonyl (C=O) groups is 1. The van der Waals surface area contributed by atoms with E-state index in [4.69, 9.17) is 0 Å². The quantitative estimate of drug-likeness (QED) is 0.414. The minimum atomic E-state index is 0.131. The van der Waals surface area contributed by atoms with Crippen molar-refractivity contribution in [2.24, 2.45) is 0 Å². The lowest BCUT2D eigenvalue weighted by atomic mass is 9.96. The lowest BCUT2D eigenvalue weighted by Crippen LogP contribution is -1.99. The van der Waals surface area contributed by atoms with Crippen LogP contribution in [-0.4, -0.2) is 12.0 Å². The van der Waals surface area contributed by atoms with Crippen LogP contribution in [0.1, 0.15) is 21.5 Å². The maximum absolute atomic E-state index is 13.4. The molecule has 0 saturated heterocycles. The smallest absolute Gasteiger partial charge is 0.195 e. The summed E-state index contributed by atoms with van der Waals surface area (Å²) in [4.78, 5) is 14.5. The van der Waals surface area contributed by atoms with Gasteiger partial charge in [-0.3, -0.25) is 4.79 Å². The van der Waals surface area contributed by atoms with Crippen LogP contribution in [0.2, 0.25) is 0 Å². The molecule has 124 valence electrons. The van der Waals surface area contributed by atoms with E-state index < -0.39 is 0 Å². The van der Waals surface area contributed by atoms with Gasteiger partial charge >= 0.3 is 0 Å². The summed E-state index contributed by atoms with van der Waals surface area (Å²) in [6.07, 6.45) is 2.06. The van der Waals surface area contributed by atoms with E-state index in [1.807, 2.05) is 36.4 Å². The van der Waals surface area contributed by atoms with Crippen molar-refractivity contribution in [1.29, 1.82) is 0 Å². The van der Waals surface area contributed by atoms with E-state index in [2.05, 4.69) is 48.7 Å². The Hall–Kier alpha value is -2.84. The number of carbonyl (C=O) groups excluding carboxylic acids is 1. The number of thioether (sulfide) groups is 1. The highest BCUT2D eigenvalue weighted by molar-refractivity contribution is 8.08. The van der Waals surface area contributed by atoms with Gasteiger partial charge in [0.05, 0.1) is 0 Å². The molecule has 0 saturated carbocycles. The van der Waals surface area contributed by atoms with Crippen LogP contribution >= 0.6 is 11.8 Å². The van der Waals surface area contributed by atoms with E-state index in [0.717, 1.165) is 43.3 Å². The number of allylic oxidation sites excluding steroid dienone is 1. The molecule has 0 spiro atoms. The van der Waals surface area contributed by atoms with E-state index in [1.54, 1.807) is 11.8 Å². The molecule has 0 N–H and O–H groups in total. The minimum Gasteiger partial charge on any atom is -0.289 e. The highest BCUT2D eigenvalue weighted by Crippen LogP contribution is 2.47. The average Bonchev–Trinajstić information content (AvgIpc) is 2.99. The lowest BCUT2D eigenvalue weighted by molar-refractivity contribution is 0.105. The Labute approximate surface area is 156 Å². The van der Waals surface area contributed by atoms with E-state index in [0.29, 0.717) is 0 Å². The Morgan fingerprint density at radius 3 is 2.08 bits per heavy atom. The average molecular weight is 352 g/mol. The van der Waals surface area contributed by atoms with Crippen molar-refractivity contribution in [3.63, 3.8) is 0 Å². The summed E-state index contributed by atoms with van der Waals surface area (Å²) >= 11 is 1.66. The molecule has 0 aromatic heterocycles. The molecule has 5 rings (SSSR count). The predicted molar refractivity (Wildman–Crippen MR) is 113 cm³/mol. The molecule has 4 aromatic rings. The van der Waals surface area contributed by atoms with Gasteiger partial charge in [0, 0.05) is 21.6 Å². The van der Waals surface area contributed by atoms with Gasteiger partial charge in [0.15, 0.2) is 5.78 Å². The fraction of sp³-hybridized carbons (Fsp3) is 0.0417. The van der Waals surface area contributed by atoms with Gasteiger partial charge < -0.3 is 0 Å². The highest BCUT2D eigenvalue weighted by atomic mass is 32.2. The SMILES string of the molecule is CSC1=C(c2cccc3ccccc23)C(=O)c2ccc3ccccc3c21. The number of benzene rings is 4. The van der Waals surface area contributed by atoms with Gasteiger partial charge in [0.1, 0.15) is 0 Å². The summed E-state index contributed by atoms with van der Waals surface area (Å²) in [5, 5.41) is 4.61. The van der Waals surface area contributed by atoms with E-state index in [-0.39, 0.29) is 5.78 Å². The maximum Gasteiger partial charge on any atom is 0.195 e. The summed E-state index contributed by atoms with van der Waals surface area (Å²) in [6, 6.07) is 26.8. The molecule has 0 unspecified atom stereocenters. The molecule has 0 heterocycles. The van der Waals surface area contributed by atoms with Gasteiger partial charge in [0.2, 0.25) is 0 Å². The Balaban J connectivity index is 1.88. The van der Waals surface area contributed by atoms with Crippen LogP contribution < -0.4 is 0 Å². The second kappa shape index (κ2) is 5.86. The second-order valence-corrected chi connectivity index (χ2v) is 7.29. The van der Waals surface area contributed by atoms with E-state index in [1.165, 1.54) is 5.39 Å². The Morgan fingerprint density at radius 2 is 1.31 bits per heavy atom. The van der Waals surface area contributed by atoms with E-state index >= 15 is 0 Å². The standard InChI is InChI=1S/C24H16OS/c1-26-24-21-18-11-5-3-8-16(18)13-14-20(21)23(25)22(24)19-12-6-9-15-7-2-4-10-17(15)19/h2-14H,1H3. The summed E-state index contributed by atoms with van der Waals surface area (Å²) in [7, 11) is 0. The van der Waals surface area contributed by atoms with Crippen LogP contribution in [-0.2, 0) is 0 Å². The topological polar surface area (TPSA) is 17.1 Å². The molecule has 0 atom stereocenters. The number of rotatable bonds is 2.